The highest BCUT2D eigenvalue weighted by molar-refractivity contribution is 5.53. The number of aromatic nitrogens is 2. The van der Waals surface area contributed by atoms with Gasteiger partial charge in [-0.05, 0) is 60.1 Å². The zero-order valence-corrected chi connectivity index (χ0v) is 18.8. The summed E-state index contributed by atoms with van der Waals surface area (Å²) in [5, 5.41) is 12.0. The van der Waals surface area contributed by atoms with Crippen molar-refractivity contribution in [1.82, 2.24) is 15.5 Å². The van der Waals surface area contributed by atoms with Crippen molar-refractivity contribution in [3.8, 4) is 17.2 Å². The molecule has 0 aliphatic heterocycles. The van der Waals surface area contributed by atoms with Gasteiger partial charge in [0.1, 0.15) is 5.75 Å². The molecule has 1 saturated carbocycles. The molecule has 1 aromatic heterocycles. The van der Waals surface area contributed by atoms with Crippen LogP contribution in [0.25, 0.3) is 11.5 Å². The molecule has 1 aliphatic rings. The maximum Gasteiger partial charge on any atom is 0.247 e. The Morgan fingerprint density at radius 2 is 1.68 bits per heavy atom. The molecule has 0 spiro atoms. The molecule has 0 saturated heterocycles. The Bertz CT molecular complexity index is 942. The number of methoxy groups -OCH3 is 1. The molecule has 164 valence electrons. The summed E-state index contributed by atoms with van der Waals surface area (Å²) in [6.07, 6.45) is 6.79. The normalized spacial score (nSPS) is 15.9. The van der Waals surface area contributed by atoms with Crippen molar-refractivity contribution in [2.24, 2.45) is 5.92 Å². The van der Waals surface area contributed by atoms with Gasteiger partial charge < -0.3 is 14.5 Å². The van der Waals surface area contributed by atoms with E-state index in [1.807, 2.05) is 24.3 Å². The van der Waals surface area contributed by atoms with Crippen LogP contribution in [-0.2, 0) is 6.54 Å². The topological polar surface area (TPSA) is 60.2 Å². The van der Waals surface area contributed by atoms with Gasteiger partial charge in [0.2, 0.25) is 11.8 Å². The molecule has 0 bridgehead atoms. The molecule has 1 fully saturated rings. The minimum absolute atomic E-state index is 0.233. The van der Waals surface area contributed by atoms with E-state index < -0.39 is 0 Å². The van der Waals surface area contributed by atoms with Crippen LogP contribution in [0, 0.1) is 5.92 Å². The SMILES string of the molecule is COc1ccc(-c2nnc(CN[C@@H](c3ccc(C4CCCCC4)cc3)C(C)C)o2)cc1. The van der Waals surface area contributed by atoms with E-state index in [-0.39, 0.29) is 6.04 Å². The second kappa shape index (κ2) is 10.1. The Hall–Kier alpha value is -2.66. The predicted octanol–water partition coefficient (Wildman–Crippen LogP) is 6.28. The van der Waals surface area contributed by atoms with Crippen LogP contribution in [0.2, 0.25) is 0 Å². The third kappa shape index (κ3) is 5.34. The number of benzene rings is 2. The zero-order chi connectivity index (χ0) is 21.6. The molecule has 2 aromatic carbocycles. The summed E-state index contributed by atoms with van der Waals surface area (Å²) in [4.78, 5) is 0. The van der Waals surface area contributed by atoms with E-state index in [1.54, 1.807) is 7.11 Å². The summed E-state index contributed by atoms with van der Waals surface area (Å²) >= 11 is 0. The third-order valence-corrected chi connectivity index (χ3v) is 6.32. The average molecular weight is 420 g/mol. The molecule has 1 atom stereocenters. The quantitative estimate of drug-likeness (QED) is 0.465. The minimum Gasteiger partial charge on any atom is -0.497 e. The van der Waals surface area contributed by atoms with Gasteiger partial charge in [-0.3, -0.25) is 0 Å². The first-order valence-corrected chi connectivity index (χ1v) is 11.4. The standard InChI is InChI=1S/C26H33N3O2/c1-18(2)25(21-11-9-20(10-12-21)19-7-5-4-6-8-19)27-17-24-28-29-26(31-24)22-13-15-23(30-3)16-14-22/h9-16,18-19,25,27H,4-8,17H2,1-3H3/t25-/m1/s1. The fourth-order valence-corrected chi connectivity index (χ4v) is 4.52. The van der Waals surface area contributed by atoms with Crippen LogP contribution < -0.4 is 10.1 Å². The molecule has 31 heavy (non-hydrogen) atoms. The highest BCUT2D eigenvalue weighted by atomic mass is 16.5. The van der Waals surface area contributed by atoms with Crippen LogP contribution in [0.1, 0.15) is 74.9 Å². The number of hydrogen-bond acceptors (Lipinski definition) is 5. The molecule has 1 N–H and O–H groups in total. The van der Waals surface area contributed by atoms with Crippen LogP contribution in [0.3, 0.4) is 0 Å². The minimum atomic E-state index is 0.233. The molecular formula is C26H33N3O2. The van der Waals surface area contributed by atoms with Gasteiger partial charge in [0, 0.05) is 11.6 Å². The van der Waals surface area contributed by atoms with Crippen molar-refractivity contribution in [3.63, 3.8) is 0 Å². The molecule has 0 radical (unpaired) electrons. The van der Waals surface area contributed by atoms with Crippen molar-refractivity contribution in [1.29, 1.82) is 0 Å². The van der Waals surface area contributed by atoms with Crippen LogP contribution >= 0.6 is 0 Å². The van der Waals surface area contributed by atoms with Crippen molar-refractivity contribution in [2.45, 2.75) is 64.5 Å². The van der Waals surface area contributed by atoms with E-state index in [0.29, 0.717) is 24.2 Å². The number of hydrogen-bond donors (Lipinski definition) is 1. The monoisotopic (exact) mass is 419 g/mol. The van der Waals surface area contributed by atoms with Gasteiger partial charge in [0.05, 0.1) is 13.7 Å². The third-order valence-electron chi connectivity index (χ3n) is 6.32. The van der Waals surface area contributed by atoms with Gasteiger partial charge in [-0.25, -0.2) is 0 Å². The Labute approximate surface area is 185 Å². The Morgan fingerprint density at radius 3 is 2.32 bits per heavy atom. The molecule has 5 heteroatoms. The molecular weight excluding hydrogens is 386 g/mol. The summed E-state index contributed by atoms with van der Waals surface area (Å²) in [7, 11) is 1.65. The summed E-state index contributed by atoms with van der Waals surface area (Å²) in [5.41, 5.74) is 3.69. The van der Waals surface area contributed by atoms with E-state index in [1.165, 1.54) is 43.2 Å². The van der Waals surface area contributed by atoms with Crippen molar-refractivity contribution >= 4 is 0 Å². The van der Waals surface area contributed by atoms with Crippen molar-refractivity contribution in [2.75, 3.05) is 7.11 Å². The highest BCUT2D eigenvalue weighted by Gasteiger charge is 2.19. The molecule has 0 amide bonds. The first-order chi connectivity index (χ1) is 15.1. The average Bonchev–Trinajstić information content (AvgIpc) is 3.29. The number of ether oxygens (including phenoxy) is 1. The van der Waals surface area contributed by atoms with E-state index >= 15 is 0 Å². The lowest BCUT2D eigenvalue weighted by Crippen LogP contribution is -2.25. The second-order valence-electron chi connectivity index (χ2n) is 8.83. The largest absolute Gasteiger partial charge is 0.497 e. The maximum atomic E-state index is 5.88. The summed E-state index contributed by atoms with van der Waals surface area (Å²) < 4.78 is 11.1. The van der Waals surface area contributed by atoms with Gasteiger partial charge >= 0.3 is 0 Å². The molecule has 4 rings (SSSR count). The molecule has 1 aliphatic carbocycles. The van der Waals surface area contributed by atoms with Gasteiger partial charge in [0.15, 0.2) is 0 Å². The summed E-state index contributed by atoms with van der Waals surface area (Å²) in [6, 6.07) is 17.1. The lowest BCUT2D eigenvalue weighted by molar-refractivity contribution is 0.380. The lowest BCUT2D eigenvalue weighted by Gasteiger charge is -2.25. The molecule has 1 heterocycles. The Kier molecular flexibility index (Phi) is 7.03. The van der Waals surface area contributed by atoms with E-state index in [9.17, 15) is 0 Å². The highest BCUT2D eigenvalue weighted by Crippen LogP contribution is 2.33. The van der Waals surface area contributed by atoms with Crippen LogP contribution in [0.4, 0.5) is 0 Å². The summed E-state index contributed by atoms with van der Waals surface area (Å²) in [6.45, 7) is 5.02. The Morgan fingerprint density at radius 1 is 0.968 bits per heavy atom. The van der Waals surface area contributed by atoms with Gasteiger partial charge in [0.25, 0.3) is 0 Å². The van der Waals surface area contributed by atoms with Crippen LogP contribution in [-0.4, -0.2) is 17.3 Å². The van der Waals surface area contributed by atoms with E-state index in [0.717, 1.165) is 17.2 Å². The second-order valence-corrected chi connectivity index (χ2v) is 8.83. The van der Waals surface area contributed by atoms with Crippen LogP contribution in [0.5, 0.6) is 5.75 Å². The molecule has 3 aromatic rings. The number of rotatable bonds is 8. The molecule has 0 unspecified atom stereocenters. The van der Waals surface area contributed by atoms with E-state index in [2.05, 4.69) is 53.6 Å². The smallest absolute Gasteiger partial charge is 0.247 e. The zero-order valence-electron chi connectivity index (χ0n) is 18.8. The maximum absolute atomic E-state index is 5.88. The fraction of sp³-hybridized carbons (Fsp3) is 0.462. The summed E-state index contributed by atoms with van der Waals surface area (Å²) in [5.74, 6) is 3.11. The van der Waals surface area contributed by atoms with Gasteiger partial charge in [-0.1, -0.05) is 57.4 Å². The first kappa shape index (κ1) is 21.6. The molecule has 5 nitrogen and oxygen atoms in total. The fourth-order valence-electron chi connectivity index (χ4n) is 4.52. The lowest BCUT2D eigenvalue weighted by atomic mass is 9.83. The van der Waals surface area contributed by atoms with E-state index in [4.69, 9.17) is 9.15 Å². The van der Waals surface area contributed by atoms with Gasteiger partial charge in [-0.2, -0.15) is 0 Å². The van der Waals surface area contributed by atoms with Crippen molar-refractivity contribution < 1.29 is 9.15 Å². The predicted molar refractivity (Wildman–Crippen MR) is 123 cm³/mol. The van der Waals surface area contributed by atoms with Crippen LogP contribution in [0.15, 0.2) is 52.9 Å². The number of nitrogens with one attached hydrogen (secondary N) is 1. The van der Waals surface area contributed by atoms with Crippen molar-refractivity contribution in [3.05, 3.63) is 65.5 Å². The van der Waals surface area contributed by atoms with Gasteiger partial charge in [-0.15, -0.1) is 10.2 Å². The number of nitrogens with zero attached hydrogens (tertiary/aromatic N) is 2. The Balaban J connectivity index is 1.40. The first-order valence-electron chi connectivity index (χ1n) is 11.4.